The minimum Gasteiger partial charge on any atom is -0.497 e. The van der Waals surface area contributed by atoms with Gasteiger partial charge in [-0.3, -0.25) is 14.3 Å². The van der Waals surface area contributed by atoms with Crippen LogP contribution in [0.25, 0.3) is 0 Å². The molecule has 0 unspecified atom stereocenters. The van der Waals surface area contributed by atoms with Gasteiger partial charge in [0.2, 0.25) is 5.91 Å². The van der Waals surface area contributed by atoms with Crippen molar-refractivity contribution in [2.75, 3.05) is 43.2 Å². The number of carbonyl (C=O) groups excluding carboxylic acids is 2. The number of benzene rings is 3. The zero-order chi connectivity index (χ0) is 35.0. The largest absolute Gasteiger partial charge is 0.497 e. The molecule has 1 spiro atoms. The van der Waals surface area contributed by atoms with Crippen LogP contribution >= 0.6 is 0 Å². The summed E-state index contributed by atoms with van der Waals surface area (Å²) in [5, 5.41) is 22.4. The Hall–Kier alpha value is -4.36. The van der Waals surface area contributed by atoms with E-state index in [1.54, 1.807) is 7.11 Å². The molecule has 12 heteroatoms. The first kappa shape index (κ1) is 34.1. The Bertz CT molecular complexity index is 1850. The van der Waals surface area contributed by atoms with Gasteiger partial charge in [0.15, 0.2) is 5.60 Å². The maximum atomic E-state index is 15.2. The third-order valence-electron chi connectivity index (χ3n) is 11.0. The molecule has 262 valence electrons. The summed E-state index contributed by atoms with van der Waals surface area (Å²) in [7, 11) is -0.680. The summed E-state index contributed by atoms with van der Waals surface area (Å²) in [6, 6.07) is 24.4. The van der Waals surface area contributed by atoms with Crippen molar-refractivity contribution >= 4 is 36.4 Å². The van der Waals surface area contributed by atoms with E-state index in [-0.39, 0.29) is 42.5 Å². The molecule has 2 fully saturated rings. The van der Waals surface area contributed by atoms with Crippen molar-refractivity contribution in [2.24, 2.45) is 5.92 Å². The number of carbonyl (C=O) groups is 2. The Labute approximate surface area is 294 Å². The number of methoxy groups -OCH3 is 1. The summed E-state index contributed by atoms with van der Waals surface area (Å²) >= 11 is 0. The lowest BCUT2D eigenvalue weighted by atomic mass is 9.82. The molecule has 4 heterocycles. The summed E-state index contributed by atoms with van der Waals surface area (Å²) in [6.07, 6.45) is 2.68. The number of fused-ring (bicyclic) bond motifs is 2. The fourth-order valence-corrected chi connectivity index (χ4v) is 12.5. The fraction of sp³-hybridized carbons (Fsp3) is 0.421. The van der Waals surface area contributed by atoms with E-state index in [9.17, 15) is 9.90 Å². The minimum atomic E-state index is -2.35. The molecule has 1 aromatic heterocycles. The van der Waals surface area contributed by atoms with Crippen LogP contribution in [0.4, 0.5) is 11.4 Å². The Morgan fingerprint density at radius 3 is 2.58 bits per heavy atom. The van der Waals surface area contributed by atoms with Crippen LogP contribution < -0.4 is 25.0 Å². The van der Waals surface area contributed by atoms with Crippen molar-refractivity contribution < 1.29 is 24.2 Å². The summed E-state index contributed by atoms with van der Waals surface area (Å²) in [5.41, 5.74) is 3.01. The Morgan fingerprint density at radius 1 is 1.08 bits per heavy atom. The van der Waals surface area contributed by atoms with E-state index < -0.39 is 13.7 Å². The van der Waals surface area contributed by atoms with Gasteiger partial charge >= 0.3 is 0 Å². The molecule has 2 N–H and O–H groups in total. The molecule has 4 atom stereocenters. The normalized spacial score (nSPS) is 23.6. The highest BCUT2D eigenvalue weighted by atomic mass is 28.3. The standard InChI is InChI=1S/C38H46N6O5Si/c1-26-36(50(3,4)31-13-11-30(48-2)12-14-31)34(16-19-42-25-28(17-21-45)40-41-42)49-38(26)32-22-29(43-20-18-39-23-35(43)46)10-15-33(32)44(37(38)47)24-27-8-6-5-7-9-27/h5-15,22,25-26,34,36,39,45H,16-21,23-24H2,1-4H3/t26-,34+,36-,38+/m0/s1. The summed E-state index contributed by atoms with van der Waals surface area (Å²) < 4.78 is 14.6. The molecule has 4 aromatic rings. The molecular formula is C38H46N6O5Si. The number of ether oxygens (including phenoxy) is 2. The molecule has 3 aliphatic rings. The van der Waals surface area contributed by atoms with E-state index in [4.69, 9.17) is 9.47 Å². The van der Waals surface area contributed by atoms with Gasteiger partial charge in [-0.15, -0.1) is 5.10 Å². The molecule has 11 nitrogen and oxygen atoms in total. The van der Waals surface area contributed by atoms with Gasteiger partial charge in [0.05, 0.1) is 45.8 Å². The van der Waals surface area contributed by atoms with Crippen LogP contribution in [0, 0.1) is 5.92 Å². The number of nitrogens with one attached hydrogen (secondary N) is 1. The average molecular weight is 695 g/mol. The molecule has 2 saturated heterocycles. The molecule has 0 aliphatic carbocycles. The third-order valence-corrected chi connectivity index (χ3v) is 15.4. The summed E-state index contributed by atoms with van der Waals surface area (Å²) in [6.45, 7) is 9.45. The predicted molar refractivity (Wildman–Crippen MR) is 194 cm³/mol. The van der Waals surface area contributed by atoms with Crippen LogP contribution in [0.15, 0.2) is 79.0 Å². The number of anilines is 2. The highest BCUT2D eigenvalue weighted by molar-refractivity contribution is 6.91. The maximum absolute atomic E-state index is 15.2. The molecule has 0 saturated carbocycles. The number of nitrogens with zero attached hydrogens (tertiary/aromatic N) is 5. The van der Waals surface area contributed by atoms with Crippen LogP contribution in [0.2, 0.25) is 18.6 Å². The molecule has 0 bridgehead atoms. The van der Waals surface area contributed by atoms with Crippen LogP contribution in [0.1, 0.15) is 30.2 Å². The number of aliphatic hydroxyl groups excluding tert-OH is 1. The van der Waals surface area contributed by atoms with E-state index >= 15 is 4.79 Å². The smallest absolute Gasteiger partial charge is 0.264 e. The molecule has 50 heavy (non-hydrogen) atoms. The first-order chi connectivity index (χ1) is 24.2. The molecule has 0 radical (unpaired) electrons. The topological polar surface area (TPSA) is 122 Å². The number of rotatable bonds is 11. The van der Waals surface area contributed by atoms with Crippen LogP contribution in [-0.2, 0) is 39.4 Å². The second-order valence-corrected chi connectivity index (χ2v) is 18.9. The Morgan fingerprint density at radius 2 is 1.86 bits per heavy atom. The van der Waals surface area contributed by atoms with Crippen LogP contribution in [0.5, 0.6) is 5.75 Å². The number of aryl methyl sites for hydroxylation is 1. The lowest BCUT2D eigenvalue weighted by Gasteiger charge is -2.37. The number of amides is 2. The number of piperazine rings is 1. The van der Waals surface area contributed by atoms with E-state index in [1.807, 2.05) is 81.3 Å². The number of hydrogen-bond donors (Lipinski definition) is 2. The van der Waals surface area contributed by atoms with Crippen LogP contribution in [0.3, 0.4) is 0 Å². The van der Waals surface area contributed by atoms with Gasteiger partial charge in [-0.25, -0.2) is 0 Å². The van der Waals surface area contributed by atoms with E-state index in [0.29, 0.717) is 39.0 Å². The van der Waals surface area contributed by atoms with E-state index in [2.05, 4.69) is 47.8 Å². The average Bonchev–Trinajstić information content (AvgIpc) is 3.78. The van der Waals surface area contributed by atoms with Crippen molar-refractivity contribution in [3.05, 3.63) is 95.8 Å². The van der Waals surface area contributed by atoms with Gasteiger partial charge in [0.1, 0.15) is 5.75 Å². The quantitative estimate of drug-likeness (QED) is 0.229. The second-order valence-electron chi connectivity index (χ2n) is 14.2. The van der Waals surface area contributed by atoms with Gasteiger partial charge in [0.25, 0.3) is 5.91 Å². The van der Waals surface area contributed by atoms with Crippen molar-refractivity contribution in [3.63, 3.8) is 0 Å². The molecule has 7 rings (SSSR count). The van der Waals surface area contributed by atoms with Crippen molar-refractivity contribution in [2.45, 2.75) is 63.2 Å². The van der Waals surface area contributed by atoms with Crippen molar-refractivity contribution in [1.82, 2.24) is 20.3 Å². The van der Waals surface area contributed by atoms with Gasteiger partial charge in [-0.1, -0.05) is 72.9 Å². The van der Waals surface area contributed by atoms with Gasteiger partial charge < -0.3 is 29.7 Å². The first-order valence-electron chi connectivity index (χ1n) is 17.5. The summed E-state index contributed by atoms with van der Waals surface area (Å²) in [4.78, 5) is 32.0. The highest BCUT2D eigenvalue weighted by Crippen LogP contribution is 2.60. The Balaban J connectivity index is 1.33. The van der Waals surface area contributed by atoms with Crippen molar-refractivity contribution in [3.8, 4) is 5.75 Å². The fourth-order valence-electron chi connectivity index (χ4n) is 8.48. The summed E-state index contributed by atoms with van der Waals surface area (Å²) in [5.74, 6) is 0.565. The maximum Gasteiger partial charge on any atom is 0.264 e. The monoisotopic (exact) mass is 694 g/mol. The zero-order valence-electron chi connectivity index (χ0n) is 29.2. The van der Waals surface area contributed by atoms with Gasteiger partial charge in [-0.05, 0) is 47.9 Å². The molecule has 3 aromatic carbocycles. The van der Waals surface area contributed by atoms with E-state index in [0.717, 1.165) is 33.9 Å². The van der Waals surface area contributed by atoms with Crippen LogP contribution in [-0.4, -0.2) is 79.4 Å². The third kappa shape index (κ3) is 5.93. The minimum absolute atomic E-state index is 0.00769. The molecular weight excluding hydrogens is 649 g/mol. The number of hydrogen-bond acceptors (Lipinski definition) is 8. The van der Waals surface area contributed by atoms with Gasteiger partial charge in [0, 0.05) is 56.0 Å². The number of aliphatic hydroxyl groups is 1. The Kier molecular flexibility index (Phi) is 9.37. The zero-order valence-corrected chi connectivity index (χ0v) is 30.2. The van der Waals surface area contributed by atoms with Gasteiger partial charge in [-0.2, -0.15) is 0 Å². The van der Waals surface area contributed by atoms with Crippen molar-refractivity contribution in [1.29, 1.82) is 0 Å². The lowest BCUT2D eigenvalue weighted by molar-refractivity contribution is -0.146. The van der Waals surface area contributed by atoms with E-state index in [1.165, 1.54) is 5.19 Å². The second kappa shape index (κ2) is 13.7. The number of aromatic nitrogens is 3. The lowest BCUT2D eigenvalue weighted by Crippen LogP contribution is -2.52. The molecule has 2 amide bonds. The molecule has 3 aliphatic heterocycles. The SMILES string of the molecule is COc1ccc([Si](C)(C)[C@@H]2[C@@H](CCn3cc(CCO)nn3)O[C@]3(C(=O)N(Cc4ccccc4)c4ccc(N5CCNCC5=O)cc43)[C@H]2C)cc1. The first-order valence-corrected chi connectivity index (χ1v) is 20.6. The highest BCUT2D eigenvalue weighted by Gasteiger charge is 2.66. The predicted octanol–water partition coefficient (Wildman–Crippen LogP) is 3.61.